The number of ether oxygens (including phenoxy) is 1. The average molecular weight is 261 g/mol. The lowest BCUT2D eigenvalue weighted by atomic mass is 10.2. The minimum Gasteiger partial charge on any atom is -0.494 e. The molecule has 2 rings (SSSR count). The fraction of sp³-hybridized carbons (Fsp3) is 0.429. The highest BCUT2D eigenvalue weighted by atomic mass is 16.5. The molecule has 0 aliphatic rings. The number of nitrogens with one attached hydrogen (secondary N) is 1. The fourth-order valence-corrected chi connectivity index (χ4v) is 1.60. The average Bonchev–Trinajstić information content (AvgIpc) is 2.86. The molecule has 0 bridgehead atoms. The van der Waals surface area contributed by atoms with E-state index in [4.69, 9.17) is 9.26 Å². The van der Waals surface area contributed by atoms with E-state index >= 15 is 0 Å². The van der Waals surface area contributed by atoms with Gasteiger partial charge in [-0.05, 0) is 25.0 Å². The van der Waals surface area contributed by atoms with Gasteiger partial charge in [-0.25, -0.2) is 0 Å². The SMILES string of the molecule is CCOc1cccc(-c2noc(NCC(C)C)n2)c1. The molecule has 5 nitrogen and oxygen atoms in total. The van der Waals surface area contributed by atoms with Gasteiger partial charge in [-0.1, -0.05) is 31.1 Å². The molecular formula is C14H19N3O2. The molecule has 0 atom stereocenters. The summed E-state index contributed by atoms with van der Waals surface area (Å²) in [4.78, 5) is 4.31. The first-order valence-corrected chi connectivity index (χ1v) is 6.50. The van der Waals surface area contributed by atoms with Crippen LogP contribution in [0.5, 0.6) is 5.75 Å². The van der Waals surface area contributed by atoms with Crippen molar-refractivity contribution in [3.05, 3.63) is 24.3 Å². The largest absolute Gasteiger partial charge is 0.494 e. The molecule has 2 aromatic rings. The highest BCUT2D eigenvalue weighted by Crippen LogP contribution is 2.22. The third-order valence-electron chi connectivity index (χ3n) is 2.49. The fourth-order valence-electron chi connectivity index (χ4n) is 1.60. The summed E-state index contributed by atoms with van der Waals surface area (Å²) in [7, 11) is 0. The van der Waals surface area contributed by atoms with Crippen LogP contribution in [0.25, 0.3) is 11.4 Å². The predicted molar refractivity (Wildman–Crippen MR) is 74.2 cm³/mol. The summed E-state index contributed by atoms with van der Waals surface area (Å²) in [5, 5.41) is 7.06. The Labute approximate surface area is 113 Å². The molecule has 0 radical (unpaired) electrons. The maximum atomic E-state index is 5.45. The van der Waals surface area contributed by atoms with Crippen molar-refractivity contribution in [3.8, 4) is 17.1 Å². The number of hydrogen-bond acceptors (Lipinski definition) is 5. The second-order valence-corrected chi connectivity index (χ2v) is 4.66. The van der Waals surface area contributed by atoms with Crippen molar-refractivity contribution in [1.29, 1.82) is 0 Å². The molecule has 0 amide bonds. The molecule has 102 valence electrons. The summed E-state index contributed by atoms with van der Waals surface area (Å²) in [5.41, 5.74) is 0.882. The quantitative estimate of drug-likeness (QED) is 0.865. The van der Waals surface area contributed by atoms with E-state index in [1.54, 1.807) is 0 Å². The molecule has 0 saturated heterocycles. The Balaban J connectivity index is 2.11. The standard InChI is InChI=1S/C14H19N3O2/c1-4-18-12-7-5-6-11(8-12)13-16-14(19-17-13)15-9-10(2)3/h5-8,10H,4,9H2,1-3H3,(H,15,16,17). The van der Waals surface area contributed by atoms with Gasteiger partial charge >= 0.3 is 6.01 Å². The van der Waals surface area contributed by atoms with Crippen molar-refractivity contribution in [2.24, 2.45) is 5.92 Å². The summed E-state index contributed by atoms with van der Waals surface area (Å²) in [6, 6.07) is 8.11. The molecule has 1 aromatic heterocycles. The van der Waals surface area contributed by atoms with Crippen molar-refractivity contribution in [3.63, 3.8) is 0 Å². The lowest BCUT2D eigenvalue weighted by Crippen LogP contribution is -2.07. The van der Waals surface area contributed by atoms with Crippen molar-refractivity contribution >= 4 is 6.01 Å². The van der Waals surface area contributed by atoms with E-state index in [1.165, 1.54) is 0 Å². The Bertz CT molecular complexity index is 523. The molecule has 0 fully saturated rings. The van der Waals surface area contributed by atoms with Crippen LogP contribution in [-0.4, -0.2) is 23.3 Å². The van der Waals surface area contributed by atoms with Gasteiger partial charge < -0.3 is 14.6 Å². The van der Waals surface area contributed by atoms with E-state index < -0.39 is 0 Å². The molecule has 1 heterocycles. The Kier molecular flexibility index (Phi) is 4.39. The number of nitrogens with zero attached hydrogens (tertiary/aromatic N) is 2. The van der Waals surface area contributed by atoms with E-state index in [2.05, 4.69) is 29.3 Å². The minimum atomic E-state index is 0.450. The van der Waals surface area contributed by atoms with Crippen molar-refractivity contribution in [2.75, 3.05) is 18.5 Å². The Hall–Kier alpha value is -2.04. The molecule has 0 aliphatic carbocycles. The predicted octanol–water partition coefficient (Wildman–Crippen LogP) is 3.20. The first kappa shape index (κ1) is 13.4. The van der Waals surface area contributed by atoms with Gasteiger partial charge in [0.25, 0.3) is 0 Å². The number of anilines is 1. The van der Waals surface area contributed by atoms with E-state index in [1.807, 2.05) is 31.2 Å². The summed E-state index contributed by atoms with van der Waals surface area (Å²) in [5.74, 6) is 1.89. The number of benzene rings is 1. The van der Waals surface area contributed by atoms with Crippen LogP contribution in [-0.2, 0) is 0 Å². The summed E-state index contributed by atoms with van der Waals surface area (Å²) in [6.45, 7) is 7.64. The van der Waals surface area contributed by atoms with Crippen LogP contribution in [0, 0.1) is 5.92 Å². The Morgan fingerprint density at radius 2 is 2.21 bits per heavy atom. The molecule has 0 saturated carbocycles. The lowest BCUT2D eigenvalue weighted by molar-refractivity contribution is 0.340. The van der Waals surface area contributed by atoms with Crippen LogP contribution in [0.2, 0.25) is 0 Å². The monoisotopic (exact) mass is 261 g/mol. The zero-order valence-corrected chi connectivity index (χ0v) is 11.5. The zero-order valence-electron chi connectivity index (χ0n) is 11.5. The lowest BCUT2D eigenvalue weighted by Gasteiger charge is -2.03. The Morgan fingerprint density at radius 1 is 1.37 bits per heavy atom. The minimum absolute atomic E-state index is 0.450. The molecule has 1 aromatic carbocycles. The summed E-state index contributed by atoms with van der Waals surface area (Å²) in [6.07, 6.45) is 0. The van der Waals surface area contributed by atoms with Gasteiger partial charge in [0.05, 0.1) is 6.61 Å². The van der Waals surface area contributed by atoms with Crippen molar-refractivity contribution in [2.45, 2.75) is 20.8 Å². The highest BCUT2D eigenvalue weighted by Gasteiger charge is 2.09. The highest BCUT2D eigenvalue weighted by molar-refractivity contribution is 5.57. The van der Waals surface area contributed by atoms with Crippen LogP contribution in [0.4, 0.5) is 6.01 Å². The summed E-state index contributed by atoms with van der Waals surface area (Å²) >= 11 is 0. The van der Waals surface area contributed by atoms with E-state index in [-0.39, 0.29) is 0 Å². The second kappa shape index (κ2) is 6.22. The van der Waals surface area contributed by atoms with Crippen LogP contribution in [0.3, 0.4) is 0 Å². The molecule has 0 aliphatic heterocycles. The third-order valence-corrected chi connectivity index (χ3v) is 2.49. The van der Waals surface area contributed by atoms with Gasteiger partial charge in [-0.2, -0.15) is 4.98 Å². The van der Waals surface area contributed by atoms with Crippen molar-refractivity contribution < 1.29 is 9.26 Å². The van der Waals surface area contributed by atoms with E-state index in [0.717, 1.165) is 17.9 Å². The van der Waals surface area contributed by atoms with Gasteiger partial charge in [0.2, 0.25) is 5.82 Å². The maximum Gasteiger partial charge on any atom is 0.321 e. The van der Waals surface area contributed by atoms with Gasteiger partial charge in [0.1, 0.15) is 5.75 Å². The van der Waals surface area contributed by atoms with Gasteiger partial charge in [-0.3, -0.25) is 0 Å². The summed E-state index contributed by atoms with van der Waals surface area (Å²) < 4.78 is 10.6. The first-order valence-electron chi connectivity index (χ1n) is 6.50. The van der Waals surface area contributed by atoms with Crippen molar-refractivity contribution in [1.82, 2.24) is 10.1 Å². The third kappa shape index (κ3) is 3.71. The molecule has 0 unspecified atom stereocenters. The van der Waals surface area contributed by atoms with E-state index in [0.29, 0.717) is 24.4 Å². The zero-order chi connectivity index (χ0) is 13.7. The van der Waals surface area contributed by atoms with Crippen LogP contribution in [0.1, 0.15) is 20.8 Å². The van der Waals surface area contributed by atoms with Crippen LogP contribution in [0.15, 0.2) is 28.8 Å². The van der Waals surface area contributed by atoms with Crippen LogP contribution >= 0.6 is 0 Å². The number of hydrogen-bond donors (Lipinski definition) is 1. The van der Waals surface area contributed by atoms with Gasteiger partial charge in [0.15, 0.2) is 0 Å². The van der Waals surface area contributed by atoms with Gasteiger partial charge in [-0.15, -0.1) is 0 Å². The molecule has 1 N–H and O–H groups in total. The molecule has 0 spiro atoms. The Morgan fingerprint density at radius 3 is 2.95 bits per heavy atom. The smallest absolute Gasteiger partial charge is 0.321 e. The maximum absolute atomic E-state index is 5.45. The number of aromatic nitrogens is 2. The molecule has 19 heavy (non-hydrogen) atoms. The molecular weight excluding hydrogens is 242 g/mol. The topological polar surface area (TPSA) is 60.2 Å². The number of rotatable bonds is 6. The van der Waals surface area contributed by atoms with Gasteiger partial charge in [0, 0.05) is 12.1 Å². The van der Waals surface area contributed by atoms with Crippen LogP contribution < -0.4 is 10.1 Å². The molecule has 5 heteroatoms. The second-order valence-electron chi connectivity index (χ2n) is 4.66. The first-order chi connectivity index (χ1) is 9.19. The van der Waals surface area contributed by atoms with E-state index in [9.17, 15) is 0 Å². The normalized spacial score (nSPS) is 10.7.